The molecule has 0 radical (unpaired) electrons. The van der Waals surface area contributed by atoms with Crippen LogP contribution in [-0.2, 0) is 12.7 Å². The number of hydrogen-bond donors (Lipinski definition) is 2. The van der Waals surface area contributed by atoms with E-state index >= 15 is 0 Å². The molecule has 3 aromatic rings. The van der Waals surface area contributed by atoms with Gasteiger partial charge in [-0.1, -0.05) is 12.1 Å². The van der Waals surface area contributed by atoms with Crippen LogP contribution >= 0.6 is 15.9 Å². The van der Waals surface area contributed by atoms with Crippen LogP contribution in [0, 0.1) is 0 Å². The molecule has 0 unspecified atom stereocenters. The Morgan fingerprint density at radius 2 is 1.74 bits per heavy atom. The van der Waals surface area contributed by atoms with Crippen molar-refractivity contribution >= 4 is 26.9 Å². The molecule has 2 aromatic carbocycles. The number of nitrogens with zero attached hydrogens (tertiary/aromatic N) is 2. The van der Waals surface area contributed by atoms with Gasteiger partial charge < -0.3 is 19.4 Å². The second-order valence-electron chi connectivity index (χ2n) is 7.90. The molecule has 1 saturated heterocycles. The summed E-state index contributed by atoms with van der Waals surface area (Å²) >= 11 is 3.20. The third kappa shape index (κ3) is 5.07. The zero-order valence-electron chi connectivity index (χ0n) is 17.9. The van der Waals surface area contributed by atoms with Gasteiger partial charge in [-0.15, -0.1) is 0 Å². The number of alkyl halides is 3. The quantitative estimate of drug-likeness (QED) is 0.483. The van der Waals surface area contributed by atoms with E-state index in [0.29, 0.717) is 37.2 Å². The first-order valence-corrected chi connectivity index (χ1v) is 11.3. The Morgan fingerprint density at radius 1 is 1.06 bits per heavy atom. The zero-order chi connectivity index (χ0) is 24.5. The van der Waals surface area contributed by atoms with Crippen LogP contribution in [0.25, 0.3) is 11.0 Å². The number of fused-ring (bicyclic) bond motifs is 1. The van der Waals surface area contributed by atoms with Gasteiger partial charge in [0, 0.05) is 39.3 Å². The van der Waals surface area contributed by atoms with E-state index in [1.807, 2.05) is 4.90 Å². The van der Waals surface area contributed by atoms with Crippen molar-refractivity contribution in [1.82, 2.24) is 9.80 Å². The molecular formula is C23H22BrF3N2O5. The molecule has 1 aliphatic heterocycles. The minimum absolute atomic E-state index is 0.0272. The highest BCUT2D eigenvalue weighted by atomic mass is 79.9. The number of para-hydroxylation sites is 1. The van der Waals surface area contributed by atoms with Crippen LogP contribution in [0.2, 0.25) is 0 Å². The Bertz CT molecular complexity index is 1240. The summed E-state index contributed by atoms with van der Waals surface area (Å²) in [6.45, 7) is 3.16. The van der Waals surface area contributed by atoms with Crippen molar-refractivity contribution < 1.29 is 32.5 Å². The summed E-state index contributed by atoms with van der Waals surface area (Å²) in [5.74, 6) is -2.78. The minimum atomic E-state index is -5.01. The van der Waals surface area contributed by atoms with Crippen LogP contribution in [0.15, 0.2) is 50.1 Å². The summed E-state index contributed by atoms with van der Waals surface area (Å²) < 4.78 is 52.9. The molecule has 11 heteroatoms. The van der Waals surface area contributed by atoms with E-state index in [-0.39, 0.29) is 41.2 Å². The van der Waals surface area contributed by atoms with Crippen LogP contribution in [0.1, 0.15) is 11.3 Å². The number of ether oxygens (including phenoxy) is 1. The molecule has 4 rings (SSSR count). The SMILES string of the molecule is O=c1c(Oc2ccccc2Br)c(C(F)(F)F)oc2c(CN3CCN(CCO)CC3)c(O)ccc12. The molecule has 0 spiro atoms. The Morgan fingerprint density at radius 3 is 2.38 bits per heavy atom. The summed E-state index contributed by atoms with van der Waals surface area (Å²) in [4.78, 5) is 17.2. The van der Waals surface area contributed by atoms with Gasteiger partial charge in [0.25, 0.3) is 5.76 Å². The highest BCUT2D eigenvalue weighted by Gasteiger charge is 2.41. The first kappa shape index (κ1) is 24.5. The second-order valence-corrected chi connectivity index (χ2v) is 8.76. The van der Waals surface area contributed by atoms with E-state index in [1.165, 1.54) is 18.2 Å². The van der Waals surface area contributed by atoms with Crippen LogP contribution in [0.5, 0.6) is 17.2 Å². The van der Waals surface area contributed by atoms with Crippen LogP contribution < -0.4 is 10.2 Å². The number of aliphatic hydroxyl groups is 1. The average Bonchev–Trinajstić information content (AvgIpc) is 2.79. The van der Waals surface area contributed by atoms with Crippen molar-refractivity contribution in [2.24, 2.45) is 0 Å². The van der Waals surface area contributed by atoms with Gasteiger partial charge in [-0.25, -0.2) is 0 Å². The maximum atomic E-state index is 13.9. The molecular weight excluding hydrogens is 521 g/mol. The van der Waals surface area contributed by atoms with Gasteiger partial charge in [-0.2, -0.15) is 13.2 Å². The van der Waals surface area contributed by atoms with E-state index < -0.39 is 23.1 Å². The summed E-state index contributed by atoms with van der Waals surface area (Å²) in [6.07, 6.45) is -5.01. The van der Waals surface area contributed by atoms with Gasteiger partial charge in [-0.05, 0) is 40.2 Å². The highest BCUT2D eigenvalue weighted by molar-refractivity contribution is 9.10. The fraction of sp³-hybridized carbons (Fsp3) is 0.348. The van der Waals surface area contributed by atoms with Crippen molar-refractivity contribution in [1.29, 1.82) is 0 Å². The molecule has 0 aliphatic carbocycles. The van der Waals surface area contributed by atoms with Gasteiger partial charge in [0.1, 0.15) is 17.1 Å². The predicted molar refractivity (Wildman–Crippen MR) is 122 cm³/mol. The lowest BCUT2D eigenvalue weighted by Gasteiger charge is -2.34. The number of benzene rings is 2. The number of β-amino-alcohol motifs (C(OH)–C–C–N with tert-alkyl or cyclic N) is 1. The Balaban J connectivity index is 1.77. The number of piperazine rings is 1. The number of hydrogen-bond acceptors (Lipinski definition) is 7. The zero-order valence-corrected chi connectivity index (χ0v) is 19.5. The molecule has 2 heterocycles. The molecule has 182 valence electrons. The molecule has 1 aromatic heterocycles. The fourth-order valence-electron chi connectivity index (χ4n) is 3.89. The lowest BCUT2D eigenvalue weighted by Crippen LogP contribution is -2.46. The van der Waals surface area contributed by atoms with Crippen LogP contribution in [-0.4, -0.2) is 59.3 Å². The standard InChI is InChI=1S/C23H22BrF3N2O5/c24-16-3-1-2-4-18(16)33-21-19(32)14-5-6-17(31)15(20(14)34-22(21)23(25,26)27)13-29-9-7-28(8-10-29)11-12-30/h1-6,30-31H,7-13H2. The topological polar surface area (TPSA) is 86.4 Å². The van der Waals surface area contributed by atoms with Crippen LogP contribution in [0.3, 0.4) is 0 Å². The first-order chi connectivity index (χ1) is 16.2. The van der Waals surface area contributed by atoms with Gasteiger partial charge in [-0.3, -0.25) is 14.6 Å². The maximum absolute atomic E-state index is 13.9. The van der Waals surface area contributed by atoms with E-state index in [0.717, 1.165) is 0 Å². The monoisotopic (exact) mass is 542 g/mol. The maximum Gasteiger partial charge on any atom is 0.453 e. The van der Waals surface area contributed by atoms with Crippen LogP contribution in [0.4, 0.5) is 13.2 Å². The summed E-state index contributed by atoms with van der Waals surface area (Å²) in [6, 6.07) is 8.71. The average molecular weight is 543 g/mol. The third-order valence-corrected chi connectivity index (χ3v) is 6.32. The van der Waals surface area contributed by atoms with E-state index in [9.17, 15) is 23.1 Å². The van der Waals surface area contributed by atoms with Gasteiger partial charge in [0.05, 0.1) is 22.0 Å². The van der Waals surface area contributed by atoms with Crippen molar-refractivity contribution in [2.75, 3.05) is 39.3 Å². The van der Waals surface area contributed by atoms with E-state index in [2.05, 4.69) is 20.8 Å². The summed E-state index contributed by atoms with van der Waals surface area (Å²) in [7, 11) is 0. The number of aromatic hydroxyl groups is 1. The van der Waals surface area contributed by atoms with E-state index in [4.69, 9.17) is 14.3 Å². The van der Waals surface area contributed by atoms with Crippen molar-refractivity contribution in [3.8, 4) is 17.2 Å². The predicted octanol–water partition coefficient (Wildman–Crippen LogP) is 4.18. The number of rotatable bonds is 6. The fourth-order valence-corrected chi connectivity index (χ4v) is 4.26. The first-order valence-electron chi connectivity index (χ1n) is 10.6. The van der Waals surface area contributed by atoms with Crippen molar-refractivity contribution in [3.63, 3.8) is 0 Å². The highest BCUT2D eigenvalue weighted by Crippen LogP contribution is 2.41. The minimum Gasteiger partial charge on any atom is -0.507 e. The second kappa shape index (κ2) is 9.95. The van der Waals surface area contributed by atoms with Gasteiger partial charge in [0.2, 0.25) is 11.2 Å². The Labute approximate surface area is 201 Å². The van der Waals surface area contributed by atoms with Gasteiger partial charge >= 0.3 is 6.18 Å². The summed E-state index contributed by atoms with van der Waals surface area (Å²) in [5.41, 5.74) is -1.21. The third-order valence-electron chi connectivity index (χ3n) is 5.67. The Kier molecular flexibility index (Phi) is 7.17. The molecule has 2 N–H and O–H groups in total. The lowest BCUT2D eigenvalue weighted by molar-refractivity contribution is -0.154. The number of phenolic OH excluding ortho intramolecular Hbond substituents is 1. The summed E-state index contributed by atoms with van der Waals surface area (Å²) in [5, 5.41) is 19.4. The molecule has 1 aliphatic rings. The van der Waals surface area contributed by atoms with E-state index in [1.54, 1.807) is 18.2 Å². The molecule has 7 nitrogen and oxygen atoms in total. The van der Waals surface area contributed by atoms with Crippen molar-refractivity contribution in [3.05, 3.63) is 62.4 Å². The molecule has 0 atom stereocenters. The number of halogens is 4. The smallest absolute Gasteiger partial charge is 0.453 e. The van der Waals surface area contributed by atoms with Crippen molar-refractivity contribution in [2.45, 2.75) is 12.7 Å². The molecule has 1 fully saturated rings. The molecule has 0 bridgehead atoms. The lowest BCUT2D eigenvalue weighted by atomic mass is 10.1. The molecule has 34 heavy (non-hydrogen) atoms. The molecule has 0 amide bonds. The number of phenols is 1. The normalized spacial score (nSPS) is 15.7. The number of aliphatic hydroxyl groups excluding tert-OH is 1. The Hall–Kier alpha value is -2.60. The van der Waals surface area contributed by atoms with Gasteiger partial charge in [0.15, 0.2) is 0 Å². The molecule has 0 saturated carbocycles. The largest absolute Gasteiger partial charge is 0.507 e.